The summed E-state index contributed by atoms with van der Waals surface area (Å²) in [6.07, 6.45) is 1.31. The summed E-state index contributed by atoms with van der Waals surface area (Å²) in [4.78, 5) is 0.132. The summed E-state index contributed by atoms with van der Waals surface area (Å²) in [7, 11) is -2.06. The molecule has 0 amide bonds. The first-order chi connectivity index (χ1) is 8.26. The van der Waals surface area contributed by atoms with Crippen LogP contribution in [0, 0.1) is 20.8 Å². The van der Waals surface area contributed by atoms with Crippen molar-refractivity contribution in [2.45, 2.75) is 25.7 Å². The minimum absolute atomic E-state index is 0.132. The molecule has 0 aliphatic carbocycles. The molecule has 0 atom stereocenters. The second-order valence-corrected chi connectivity index (χ2v) is 6.16. The lowest BCUT2D eigenvalue weighted by Gasteiger charge is -2.05. The summed E-state index contributed by atoms with van der Waals surface area (Å²) in [5.41, 5.74) is 1.44. The average Bonchev–Trinajstić information content (AvgIpc) is 2.76. The summed E-state index contributed by atoms with van der Waals surface area (Å²) in [5.74, 6) is 0. The van der Waals surface area contributed by atoms with Crippen LogP contribution in [0.1, 0.15) is 17.1 Å². The Morgan fingerprint density at radius 1 is 1.22 bits per heavy atom. The van der Waals surface area contributed by atoms with Crippen molar-refractivity contribution in [3.8, 4) is 0 Å². The van der Waals surface area contributed by atoms with E-state index < -0.39 is 10.0 Å². The van der Waals surface area contributed by atoms with Gasteiger partial charge in [-0.25, -0.2) is 0 Å². The molecule has 0 fully saturated rings. The van der Waals surface area contributed by atoms with Crippen molar-refractivity contribution in [3.63, 3.8) is 0 Å². The molecular formula is C10H13ClN4O2S. The monoisotopic (exact) mass is 288 g/mol. The van der Waals surface area contributed by atoms with Crippen molar-refractivity contribution in [2.75, 3.05) is 0 Å². The van der Waals surface area contributed by atoms with E-state index in [0.29, 0.717) is 22.1 Å². The molecule has 0 aliphatic rings. The molecule has 6 nitrogen and oxygen atoms in total. The fraction of sp³-hybridized carbons (Fsp3) is 0.400. The highest BCUT2D eigenvalue weighted by Crippen LogP contribution is 2.24. The van der Waals surface area contributed by atoms with Crippen LogP contribution in [0.15, 0.2) is 11.1 Å². The predicted octanol–water partition coefficient (Wildman–Crippen LogP) is 1.43. The smallest absolute Gasteiger partial charge is 0.272 e. The third-order valence-corrected chi connectivity index (χ3v) is 5.17. The third-order valence-electron chi connectivity index (χ3n) is 2.86. The maximum atomic E-state index is 12.4. The summed E-state index contributed by atoms with van der Waals surface area (Å²) in [5, 5.41) is 8.26. The molecular weight excluding hydrogens is 276 g/mol. The van der Waals surface area contributed by atoms with E-state index in [1.165, 1.54) is 10.9 Å². The Morgan fingerprint density at radius 3 is 2.22 bits per heavy atom. The van der Waals surface area contributed by atoms with Gasteiger partial charge in [-0.1, -0.05) is 11.6 Å². The summed E-state index contributed by atoms with van der Waals surface area (Å²) >= 11 is 5.97. The molecule has 2 rings (SSSR count). The number of halogens is 1. The minimum atomic E-state index is -3.74. The van der Waals surface area contributed by atoms with Gasteiger partial charge in [-0.2, -0.15) is 22.7 Å². The van der Waals surface area contributed by atoms with Gasteiger partial charge in [0, 0.05) is 7.05 Å². The van der Waals surface area contributed by atoms with Gasteiger partial charge in [-0.05, 0) is 20.8 Å². The Bertz CT molecular complexity index is 715. The summed E-state index contributed by atoms with van der Waals surface area (Å²) in [6, 6.07) is 0. The molecule has 0 radical (unpaired) electrons. The quantitative estimate of drug-likeness (QED) is 0.838. The zero-order valence-corrected chi connectivity index (χ0v) is 12.0. The third kappa shape index (κ3) is 1.74. The Hall–Kier alpha value is -1.34. The van der Waals surface area contributed by atoms with Gasteiger partial charge in [-0.15, -0.1) is 0 Å². The van der Waals surface area contributed by atoms with Crippen LogP contribution in [0.25, 0.3) is 0 Å². The van der Waals surface area contributed by atoms with Crippen molar-refractivity contribution >= 4 is 21.6 Å². The average molecular weight is 289 g/mol. The van der Waals surface area contributed by atoms with E-state index in [-0.39, 0.29) is 4.90 Å². The molecule has 0 bridgehead atoms. The second kappa shape index (κ2) is 4.10. The highest BCUT2D eigenvalue weighted by Gasteiger charge is 2.26. The van der Waals surface area contributed by atoms with Crippen LogP contribution in [-0.4, -0.2) is 27.4 Å². The first-order valence-corrected chi connectivity index (χ1v) is 7.04. The Morgan fingerprint density at radius 2 is 1.83 bits per heavy atom. The van der Waals surface area contributed by atoms with Gasteiger partial charge in [-0.3, -0.25) is 4.68 Å². The van der Waals surface area contributed by atoms with E-state index in [9.17, 15) is 8.42 Å². The summed E-state index contributed by atoms with van der Waals surface area (Å²) in [6.45, 7) is 4.97. The van der Waals surface area contributed by atoms with E-state index >= 15 is 0 Å². The highest BCUT2D eigenvalue weighted by molar-refractivity contribution is 7.90. The minimum Gasteiger partial charge on any atom is -0.272 e. The molecule has 18 heavy (non-hydrogen) atoms. The molecule has 0 saturated heterocycles. The van der Waals surface area contributed by atoms with Gasteiger partial charge in [0.1, 0.15) is 4.90 Å². The topological polar surface area (TPSA) is 69.8 Å². The van der Waals surface area contributed by atoms with E-state index in [2.05, 4.69) is 10.2 Å². The van der Waals surface area contributed by atoms with Crippen LogP contribution in [-0.2, 0) is 17.1 Å². The SMILES string of the molecule is Cc1nn(S(=O)(=O)c2cnn(C)c2C)c(C)c1Cl. The maximum absolute atomic E-state index is 12.4. The standard InChI is InChI=1S/C10H13ClN4O2S/c1-6-10(11)8(3)15(13-6)18(16,17)9-5-12-14(4)7(9)2/h5H,1-4H3. The van der Waals surface area contributed by atoms with Crippen LogP contribution in [0.5, 0.6) is 0 Å². The predicted molar refractivity (Wildman–Crippen MR) is 67.2 cm³/mol. The van der Waals surface area contributed by atoms with E-state index in [0.717, 1.165) is 4.09 Å². The lowest BCUT2D eigenvalue weighted by atomic mass is 10.4. The number of rotatable bonds is 2. The van der Waals surface area contributed by atoms with Crippen LogP contribution in [0.3, 0.4) is 0 Å². The van der Waals surface area contributed by atoms with Gasteiger partial charge < -0.3 is 0 Å². The van der Waals surface area contributed by atoms with Crippen LogP contribution in [0.2, 0.25) is 5.02 Å². The Labute approximate surface area is 110 Å². The van der Waals surface area contributed by atoms with Gasteiger partial charge in [0.2, 0.25) is 0 Å². The molecule has 0 spiro atoms. The lowest BCUT2D eigenvalue weighted by molar-refractivity contribution is 0.576. The lowest BCUT2D eigenvalue weighted by Crippen LogP contribution is -2.17. The first kappa shape index (κ1) is 13.1. The molecule has 2 heterocycles. The van der Waals surface area contributed by atoms with E-state index in [4.69, 9.17) is 11.6 Å². The van der Waals surface area contributed by atoms with Crippen molar-refractivity contribution in [1.82, 2.24) is 19.0 Å². The van der Waals surface area contributed by atoms with Crippen molar-refractivity contribution < 1.29 is 8.42 Å². The maximum Gasteiger partial charge on any atom is 0.286 e. The number of nitrogens with zero attached hydrogens (tertiary/aromatic N) is 4. The summed E-state index contributed by atoms with van der Waals surface area (Å²) < 4.78 is 27.3. The Balaban J connectivity index is 2.69. The van der Waals surface area contributed by atoms with Crippen molar-refractivity contribution in [3.05, 3.63) is 28.3 Å². The van der Waals surface area contributed by atoms with Crippen LogP contribution >= 0.6 is 11.6 Å². The van der Waals surface area contributed by atoms with Gasteiger partial charge in [0.25, 0.3) is 10.0 Å². The number of aryl methyl sites for hydroxylation is 2. The van der Waals surface area contributed by atoms with Crippen molar-refractivity contribution in [1.29, 1.82) is 0 Å². The molecule has 0 unspecified atom stereocenters. The Kier molecular flexibility index (Phi) is 2.98. The zero-order valence-electron chi connectivity index (χ0n) is 10.5. The number of aromatic nitrogens is 4. The highest BCUT2D eigenvalue weighted by atomic mass is 35.5. The van der Waals surface area contributed by atoms with Crippen molar-refractivity contribution in [2.24, 2.45) is 7.05 Å². The van der Waals surface area contributed by atoms with E-state index in [1.54, 1.807) is 27.8 Å². The molecule has 0 saturated carbocycles. The molecule has 0 N–H and O–H groups in total. The molecule has 2 aromatic heterocycles. The fourth-order valence-electron chi connectivity index (χ4n) is 1.66. The zero-order chi connectivity index (χ0) is 13.7. The molecule has 98 valence electrons. The van der Waals surface area contributed by atoms with Gasteiger partial charge in [0.05, 0.1) is 28.3 Å². The normalized spacial score (nSPS) is 12.1. The molecule has 0 aliphatic heterocycles. The number of hydrogen-bond donors (Lipinski definition) is 0. The van der Waals surface area contributed by atoms with E-state index in [1.807, 2.05) is 0 Å². The number of hydrogen-bond acceptors (Lipinski definition) is 4. The fourth-order valence-corrected chi connectivity index (χ4v) is 3.38. The van der Waals surface area contributed by atoms with Crippen LogP contribution in [0.4, 0.5) is 0 Å². The van der Waals surface area contributed by atoms with Gasteiger partial charge >= 0.3 is 0 Å². The van der Waals surface area contributed by atoms with Crippen LogP contribution < -0.4 is 0 Å². The van der Waals surface area contributed by atoms with Gasteiger partial charge in [0.15, 0.2) is 0 Å². The second-order valence-electron chi connectivity index (χ2n) is 4.05. The largest absolute Gasteiger partial charge is 0.286 e. The molecule has 2 aromatic rings. The molecule has 0 aromatic carbocycles. The first-order valence-electron chi connectivity index (χ1n) is 5.22. The molecule has 8 heteroatoms.